The van der Waals surface area contributed by atoms with E-state index in [1.807, 2.05) is 0 Å². The van der Waals surface area contributed by atoms with Crippen LogP contribution in [0.4, 0.5) is 9.18 Å². The number of alkyl halides is 1. The maximum Gasteiger partial charge on any atom is 0.404 e. The second-order valence-electron chi connectivity index (χ2n) is 4.18. The van der Waals surface area contributed by atoms with Gasteiger partial charge in [-0.25, -0.2) is 17.6 Å². The molecule has 5 nitrogen and oxygen atoms in total. The van der Waals surface area contributed by atoms with Gasteiger partial charge in [-0.2, -0.15) is 0 Å². The minimum Gasteiger partial charge on any atom is -0.465 e. The summed E-state index contributed by atoms with van der Waals surface area (Å²) in [6.45, 7) is 3.91. The number of hydrogen-bond acceptors (Lipinski definition) is 3. The standard InChI is InChI=1S/C8H16FNO4S/c1-8(2,3)15(13,14)5-6(9)4-10-7(11)12/h6,10H,4-5H2,1-3H3,(H,11,12)/t6-/m1/s1. The molecule has 0 aromatic heterocycles. The predicted octanol–water partition coefficient (Wildman–Crippen LogP) is 0.805. The molecule has 0 bridgehead atoms. The Hall–Kier alpha value is -0.850. The molecule has 0 saturated carbocycles. The number of hydrogen-bond donors (Lipinski definition) is 2. The summed E-state index contributed by atoms with van der Waals surface area (Å²) in [5.74, 6) is -0.670. The van der Waals surface area contributed by atoms with Crippen LogP contribution < -0.4 is 5.32 Å². The Morgan fingerprint density at radius 2 is 1.93 bits per heavy atom. The quantitative estimate of drug-likeness (QED) is 0.762. The van der Waals surface area contributed by atoms with Gasteiger partial charge in [0, 0.05) is 0 Å². The Morgan fingerprint density at radius 3 is 2.27 bits per heavy atom. The fourth-order valence-corrected chi connectivity index (χ4v) is 1.84. The molecule has 0 rings (SSSR count). The lowest BCUT2D eigenvalue weighted by atomic mass is 10.3. The van der Waals surface area contributed by atoms with E-state index in [0.29, 0.717) is 0 Å². The highest BCUT2D eigenvalue weighted by molar-refractivity contribution is 7.92. The second kappa shape index (κ2) is 4.78. The van der Waals surface area contributed by atoms with Gasteiger partial charge in [0.25, 0.3) is 0 Å². The second-order valence-corrected chi connectivity index (χ2v) is 6.96. The van der Waals surface area contributed by atoms with Crippen LogP contribution in [0.2, 0.25) is 0 Å². The summed E-state index contributed by atoms with van der Waals surface area (Å²) in [7, 11) is -3.55. The van der Waals surface area contributed by atoms with Gasteiger partial charge in [-0.3, -0.25) is 0 Å². The van der Waals surface area contributed by atoms with Crippen molar-refractivity contribution in [2.75, 3.05) is 12.3 Å². The first-order chi connectivity index (χ1) is 6.56. The summed E-state index contributed by atoms with van der Waals surface area (Å²) in [5, 5.41) is 9.99. The summed E-state index contributed by atoms with van der Waals surface area (Å²) in [4.78, 5) is 10.0. The van der Waals surface area contributed by atoms with Crippen LogP contribution in [0.3, 0.4) is 0 Å². The zero-order valence-corrected chi connectivity index (χ0v) is 9.77. The lowest BCUT2D eigenvalue weighted by Crippen LogP contribution is -2.38. The monoisotopic (exact) mass is 241 g/mol. The van der Waals surface area contributed by atoms with Crippen molar-refractivity contribution in [2.45, 2.75) is 31.7 Å². The molecule has 0 aliphatic carbocycles. The van der Waals surface area contributed by atoms with E-state index in [9.17, 15) is 17.6 Å². The van der Waals surface area contributed by atoms with Gasteiger partial charge in [0.1, 0.15) is 6.17 Å². The molecule has 2 N–H and O–H groups in total. The maximum absolute atomic E-state index is 13.1. The molecule has 0 heterocycles. The molecule has 15 heavy (non-hydrogen) atoms. The normalized spacial score (nSPS) is 14.7. The van der Waals surface area contributed by atoms with E-state index >= 15 is 0 Å². The molecule has 0 radical (unpaired) electrons. The van der Waals surface area contributed by atoms with Crippen molar-refractivity contribution in [1.29, 1.82) is 0 Å². The number of nitrogens with one attached hydrogen (secondary N) is 1. The molecular weight excluding hydrogens is 225 g/mol. The summed E-state index contributed by atoms with van der Waals surface area (Å²) in [6.07, 6.45) is -3.09. The third-order valence-corrected chi connectivity index (χ3v) is 4.47. The molecule has 0 spiro atoms. The first-order valence-electron chi connectivity index (χ1n) is 4.39. The molecular formula is C8H16FNO4S. The van der Waals surface area contributed by atoms with Gasteiger partial charge in [0.2, 0.25) is 0 Å². The highest BCUT2D eigenvalue weighted by Gasteiger charge is 2.31. The van der Waals surface area contributed by atoms with Gasteiger partial charge in [-0.1, -0.05) is 0 Å². The molecule has 0 aromatic carbocycles. The van der Waals surface area contributed by atoms with Gasteiger partial charge in [-0.05, 0) is 20.8 Å². The van der Waals surface area contributed by atoms with Gasteiger partial charge >= 0.3 is 6.09 Å². The van der Waals surface area contributed by atoms with E-state index in [2.05, 4.69) is 0 Å². The number of halogens is 1. The minimum absolute atomic E-state index is 0.509. The number of rotatable bonds is 4. The van der Waals surface area contributed by atoms with Crippen molar-refractivity contribution in [3.05, 3.63) is 0 Å². The van der Waals surface area contributed by atoms with Gasteiger partial charge in [0.15, 0.2) is 9.84 Å². The zero-order valence-electron chi connectivity index (χ0n) is 8.95. The average molecular weight is 241 g/mol. The van der Waals surface area contributed by atoms with Gasteiger partial charge < -0.3 is 10.4 Å². The predicted molar refractivity (Wildman–Crippen MR) is 54.5 cm³/mol. The van der Waals surface area contributed by atoms with Crippen LogP contribution in [0, 0.1) is 0 Å². The Morgan fingerprint density at radius 1 is 1.47 bits per heavy atom. The van der Waals surface area contributed by atoms with Crippen molar-refractivity contribution < 1.29 is 22.7 Å². The van der Waals surface area contributed by atoms with Crippen LogP contribution in [-0.4, -0.2) is 42.8 Å². The van der Waals surface area contributed by atoms with E-state index in [1.165, 1.54) is 20.8 Å². The van der Waals surface area contributed by atoms with Crippen molar-refractivity contribution >= 4 is 15.9 Å². The molecule has 1 atom stereocenters. The van der Waals surface area contributed by atoms with Crippen LogP contribution in [-0.2, 0) is 9.84 Å². The smallest absolute Gasteiger partial charge is 0.404 e. The van der Waals surface area contributed by atoms with Crippen LogP contribution in [0.1, 0.15) is 20.8 Å². The minimum atomic E-state index is -3.55. The molecule has 0 aliphatic heterocycles. The summed E-state index contributed by atoms with van der Waals surface area (Å²) >= 11 is 0. The molecule has 0 aliphatic rings. The summed E-state index contributed by atoms with van der Waals surface area (Å²) in [6, 6.07) is 0. The molecule has 90 valence electrons. The Kier molecular flexibility index (Phi) is 4.51. The van der Waals surface area contributed by atoms with Crippen LogP contribution in [0.5, 0.6) is 0 Å². The number of carboxylic acid groups (broad SMARTS) is 1. The highest BCUT2D eigenvalue weighted by Crippen LogP contribution is 2.17. The molecule has 0 saturated heterocycles. The topological polar surface area (TPSA) is 83.5 Å². The first-order valence-corrected chi connectivity index (χ1v) is 6.04. The van der Waals surface area contributed by atoms with E-state index in [0.717, 1.165) is 0 Å². The van der Waals surface area contributed by atoms with Crippen molar-refractivity contribution in [2.24, 2.45) is 0 Å². The van der Waals surface area contributed by atoms with Crippen molar-refractivity contribution in [3.63, 3.8) is 0 Å². The van der Waals surface area contributed by atoms with Gasteiger partial charge in [0.05, 0.1) is 17.0 Å². The first kappa shape index (κ1) is 14.2. The third kappa shape index (κ3) is 4.96. The number of amides is 1. The van der Waals surface area contributed by atoms with Gasteiger partial charge in [-0.15, -0.1) is 0 Å². The highest BCUT2D eigenvalue weighted by atomic mass is 32.2. The van der Waals surface area contributed by atoms with Crippen LogP contribution in [0.15, 0.2) is 0 Å². The molecule has 1 amide bonds. The zero-order chi connectivity index (χ0) is 12.3. The fraction of sp³-hybridized carbons (Fsp3) is 0.875. The summed E-state index contributed by atoms with van der Waals surface area (Å²) in [5.41, 5.74) is 0. The van der Waals surface area contributed by atoms with E-state index in [-0.39, 0.29) is 0 Å². The number of sulfone groups is 1. The number of carbonyl (C=O) groups is 1. The molecule has 0 unspecified atom stereocenters. The Balaban J connectivity index is 4.30. The van der Waals surface area contributed by atoms with E-state index in [1.54, 1.807) is 5.32 Å². The van der Waals surface area contributed by atoms with Crippen molar-refractivity contribution in [1.82, 2.24) is 5.32 Å². The SMILES string of the molecule is CC(C)(C)S(=O)(=O)C[C@H](F)CNC(=O)O. The fourth-order valence-electron chi connectivity index (χ4n) is 0.745. The molecule has 7 heteroatoms. The lowest BCUT2D eigenvalue weighted by Gasteiger charge is -2.20. The maximum atomic E-state index is 13.1. The average Bonchev–Trinajstić information content (AvgIpc) is 1.97. The molecule has 0 aromatic rings. The van der Waals surface area contributed by atoms with Crippen LogP contribution in [0.25, 0.3) is 0 Å². The van der Waals surface area contributed by atoms with E-state index in [4.69, 9.17) is 5.11 Å². The van der Waals surface area contributed by atoms with Crippen molar-refractivity contribution in [3.8, 4) is 0 Å². The lowest BCUT2D eigenvalue weighted by molar-refractivity contribution is 0.190. The van der Waals surface area contributed by atoms with Crippen LogP contribution >= 0.6 is 0 Å². The third-order valence-electron chi connectivity index (χ3n) is 1.81. The molecule has 0 fully saturated rings. The Bertz CT molecular complexity index is 320. The largest absolute Gasteiger partial charge is 0.465 e. The summed E-state index contributed by atoms with van der Waals surface area (Å²) < 4.78 is 35.0. The Labute approximate surface area is 88.6 Å². The van der Waals surface area contributed by atoms with E-state index < -0.39 is 39.1 Å².